The van der Waals surface area contributed by atoms with Crippen LogP contribution < -0.4 is 5.46 Å². The van der Waals surface area contributed by atoms with Crippen molar-refractivity contribution >= 4 is 12.6 Å². The van der Waals surface area contributed by atoms with Crippen LogP contribution in [0.1, 0.15) is 18.4 Å². The summed E-state index contributed by atoms with van der Waals surface area (Å²) in [6, 6.07) is 3.58. The van der Waals surface area contributed by atoms with Gasteiger partial charge in [-0.25, -0.2) is 4.39 Å². The van der Waals surface area contributed by atoms with E-state index in [1.165, 1.54) is 12.1 Å². The van der Waals surface area contributed by atoms with Crippen molar-refractivity contribution in [3.8, 4) is 0 Å². The zero-order valence-electron chi connectivity index (χ0n) is 11.3. The molecule has 21 heavy (non-hydrogen) atoms. The zero-order chi connectivity index (χ0) is 15.6. The second kappa shape index (κ2) is 6.33. The Bertz CT molecular complexity index is 496. The van der Waals surface area contributed by atoms with Crippen molar-refractivity contribution in [2.45, 2.75) is 25.6 Å². The second-order valence-electron chi connectivity index (χ2n) is 5.38. The average Bonchev–Trinajstić information content (AvgIpc) is 2.37. The molecule has 1 fully saturated rings. The second-order valence-corrected chi connectivity index (χ2v) is 5.38. The summed E-state index contributed by atoms with van der Waals surface area (Å²) in [4.78, 5) is 1.62. The lowest BCUT2D eigenvalue weighted by atomic mass is 9.79. The maximum Gasteiger partial charge on any atom is 0.488 e. The summed E-state index contributed by atoms with van der Waals surface area (Å²) in [6.07, 6.45) is -3.66. The molecule has 0 saturated carbocycles. The highest BCUT2D eigenvalue weighted by Crippen LogP contribution is 2.33. The van der Waals surface area contributed by atoms with Crippen LogP contribution in [0.4, 0.5) is 17.6 Å². The van der Waals surface area contributed by atoms with Crippen LogP contribution >= 0.6 is 0 Å². The topological polar surface area (TPSA) is 43.7 Å². The SMILES string of the molecule is OB(O)c1cc(F)cc(CN2CCCC(C(F)(F)F)C2)c1. The molecular weight excluding hydrogens is 289 g/mol. The van der Waals surface area contributed by atoms with E-state index in [-0.39, 0.29) is 25.0 Å². The highest BCUT2D eigenvalue weighted by molar-refractivity contribution is 6.58. The van der Waals surface area contributed by atoms with E-state index in [1.54, 1.807) is 4.90 Å². The van der Waals surface area contributed by atoms with E-state index in [4.69, 9.17) is 10.0 Å². The summed E-state index contributed by atoms with van der Waals surface area (Å²) in [7, 11) is -1.80. The van der Waals surface area contributed by atoms with Crippen LogP contribution in [0.5, 0.6) is 0 Å². The van der Waals surface area contributed by atoms with Crippen LogP contribution in [0, 0.1) is 11.7 Å². The first-order valence-corrected chi connectivity index (χ1v) is 6.70. The van der Waals surface area contributed by atoms with Gasteiger partial charge in [0, 0.05) is 13.1 Å². The van der Waals surface area contributed by atoms with Crippen LogP contribution in [0.15, 0.2) is 18.2 Å². The molecule has 0 bridgehead atoms. The lowest BCUT2D eigenvalue weighted by molar-refractivity contribution is -0.187. The Morgan fingerprint density at radius 1 is 1.24 bits per heavy atom. The predicted octanol–water partition coefficient (Wildman–Crippen LogP) is 1.28. The van der Waals surface area contributed by atoms with E-state index in [0.717, 1.165) is 6.07 Å². The van der Waals surface area contributed by atoms with Gasteiger partial charge in [-0.3, -0.25) is 4.90 Å². The first-order chi connectivity index (χ1) is 9.75. The van der Waals surface area contributed by atoms with Crippen LogP contribution in [0.2, 0.25) is 0 Å². The van der Waals surface area contributed by atoms with Crippen molar-refractivity contribution in [3.63, 3.8) is 0 Å². The molecule has 1 unspecified atom stereocenters. The van der Waals surface area contributed by atoms with Gasteiger partial charge in [0.2, 0.25) is 0 Å². The van der Waals surface area contributed by atoms with Gasteiger partial charge in [-0.15, -0.1) is 0 Å². The summed E-state index contributed by atoms with van der Waals surface area (Å²) in [5, 5.41) is 18.1. The maximum absolute atomic E-state index is 13.4. The minimum Gasteiger partial charge on any atom is -0.423 e. The first-order valence-electron chi connectivity index (χ1n) is 6.70. The van der Waals surface area contributed by atoms with Crippen molar-refractivity contribution in [2.75, 3.05) is 13.1 Å². The zero-order valence-corrected chi connectivity index (χ0v) is 11.3. The largest absolute Gasteiger partial charge is 0.488 e. The number of benzene rings is 1. The molecular formula is C13H16BF4NO2. The summed E-state index contributed by atoms with van der Waals surface area (Å²) < 4.78 is 51.6. The molecule has 0 spiro atoms. The minimum atomic E-state index is -4.22. The molecule has 116 valence electrons. The van der Waals surface area contributed by atoms with Crippen molar-refractivity contribution in [3.05, 3.63) is 29.6 Å². The smallest absolute Gasteiger partial charge is 0.423 e. The Morgan fingerprint density at radius 3 is 2.57 bits per heavy atom. The highest BCUT2D eigenvalue weighted by Gasteiger charge is 2.41. The molecule has 1 atom stereocenters. The molecule has 1 aliphatic heterocycles. The fourth-order valence-electron chi connectivity index (χ4n) is 2.64. The monoisotopic (exact) mass is 305 g/mol. The van der Waals surface area contributed by atoms with Crippen molar-refractivity contribution < 1.29 is 27.6 Å². The predicted molar refractivity (Wildman–Crippen MR) is 70.3 cm³/mol. The Kier molecular flexibility index (Phi) is 4.90. The molecule has 3 nitrogen and oxygen atoms in total. The number of alkyl halides is 3. The third kappa shape index (κ3) is 4.42. The Balaban J connectivity index is 2.07. The Labute approximate surface area is 120 Å². The molecule has 0 aromatic heterocycles. The third-order valence-corrected chi connectivity index (χ3v) is 3.65. The molecule has 0 aliphatic carbocycles. The van der Waals surface area contributed by atoms with Gasteiger partial charge in [0.05, 0.1) is 5.92 Å². The van der Waals surface area contributed by atoms with E-state index < -0.39 is 25.0 Å². The molecule has 0 radical (unpaired) electrons. The van der Waals surface area contributed by atoms with Crippen molar-refractivity contribution in [2.24, 2.45) is 5.92 Å². The van der Waals surface area contributed by atoms with E-state index in [1.807, 2.05) is 0 Å². The highest BCUT2D eigenvalue weighted by atomic mass is 19.4. The van der Waals surface area contributed by atoms with E-state index in [9.17, 15) is 17.6 Å². The van der Waals surface area contributed by atoms with E-state index in [2.05, 4.69) is 0 Å². The molecule has 2 N–H and O–H groups in total. The van der Waals surface area contributed by atoms with Gasteiger partial charge >= 0.3 is 13.3 Å². The number of halogens is 4. The average molecular weight is 305 g/mol. The Hall–Kier alpha value is -1.12. The number of likely N-dealkylation sites (tertiary alicyclic amines) is 1. The van der Waals surface area contributed by atoms with Gasteiger partial charge < -0.3 is 10.0 Å². The van der Waals surface area contributed by atoms with Gasteiger partial charge in [-0.05, 0) is 42.5 Å². The van der Waals surface area contributed by atoms with Crippen molar-refractivity contribution in [1.29, 1.82) is 0 Å². The molecule has 1 heterocycles. The first kappa shape index (κ1) is 16.3. The van der Waals surface area contributed by atoms with Gasteiger partial charge in [-0.1, -0.05) is 6.07 Å². The Morgan fingerprint density at radius 2 is 1.95 bits per heavy atom. The van der Waals surface area contributed by atoms with E-state index >= 15 is 0 Å². The minimum absolute atomic E-state index is 0.00520. The molecule has 0 amide bonds. The molecule has 1 aromatic carbocycles. The third-order valence-electron chi connectivity index (χ3n) is 3.65. The summed E-state index contributed by atoms with van der Waals surface area (Å²) in [6.45, 7) is 0.557. The van der Waals surface area contributed by atoms with Crippen LogP contribution in [-0.4, -0.2) is 41.3 Å². The molecule has 1 aromatic rings. The van der Waals surface area contributed by atoms with Gasteiger partial charge in [0.25, 0.3) is 0 Å². The quantitative estimate of drug-likeness (QED) is 0.653. The standard InChI is InChI=1S/C13H16BF4NO2/c15-12-5-9(4-11(6-12)14(20)21)7-19-3-1-2-10(8-19)13(16,17)18/h4-6,10,20-21H,1-3,7-8H2. The van der Waals surface area contributed by atoms with Crippen LogP contribution in [0.3, 0.4) is 0 Å². The van der Waals surface area contributed by atoms with Crippen LogP contribution in [0.25, 0.3) is 0 Å². The molecule has 2 rings (SSSR count). The fraction of sp³-hybridized carbons (Fsp3) is 0.538. The fourth-order valence-corrected chi connectivity index (χ4v) is 2.64. The number of rotatable bonds is 3. The molecule has 8 heteroatoms. The number of hydrogen-bond acceptors (Lipinski definition) is 3. The van der Waals surface area contributed by atoms with Gasteiger partial charge in [0.15, 0.2) is 0 Å². The number of nitrogens with zero attached hydrogens (tertiary/aromatic N) is 1. The molecule has 1 aliphatic rings. The number of piperidine rings is 1. The van der Waals surface area contributed by atoms with Gasteiger partial charge in [0.1, 0.15) is 5.82 Å². The maximum atomic E-state index is 13.4. The normalized spacial score (nSPS) is 20.6. The van der Waals surface area contributed by atoms with E-state index in [0.29, 0.717) is 18.5 Å². The summed E-state index contributed by atoms with van der Waals surface area (Å²) >= 11 is 0. The molecule has 1 saturated heterocycles. The van der Waals surface area contributed by atoms with Gasteiger partial charge in [-0.2, -0.15) is 13.2 Å². The van der Waals surface area contributed by atoms with Crippen molar-refractivity contribution in [1.82, 2.24) is 4.90 Å². The number of hydrogen-bond donors (Lipinski definition) is 2. The lowest BCUT2D eigenvalue weighted by Crippen LogP contribution is -2.41. The summed E-state index contributed by atoms with van der Waals surface area (Å²) in [5.74, 6) is -2.00. The lowest BCUT2D eigenvalue weighted by Gasteiger charge is -2.33. The summed E-state index contributed by atoms with van der Waals surface area (Å²) in [5.41, 5.74) is 0.426. The van der Waals surface area contributed by atoms with Crippen LogP contribution in [-0.2, 0) is 6.54 Å².